The van der Waals surface area contributed by atoms with Gasteiger partial charge in [-0.2, -0.15) is 0 Å². The van der Waals surface area contributed by atoms with Gasteiger partial charge in [-0.3, -0.25) is 4.79 Å². The summed E-state index contributed by atoms with van der Waals surface area (Å²) in [5, 5.41) is 0.910. The Morgan fingerprint density at radius 2 is 1.83 bits per heavy atom. The van der Waals surface area contributed by atoms with Crippen molar-refractivity contribution in [1.29, 1.82) is 0 Å². The highest BCUT2D eigenvalue weighted by Crippen LogP contribution is 2.60. The summed E-state index contributed by atoms with van der Waals surface area (Å²) in [7, 11) is 0. The molecule has 2 aromatic carbocycles. The van der Waals surface area contributed by atoms with E-state index in [1.54, 1.807) is 12.1 Å². The molecule has 1 spiro atoms. The second-order valence-electron chi connectivity index (χ2n) is 12.4. The summed E-state index contributed by atoms with van der Waals surface area (Å²) < 4.78 is 30.7. The molecular formula is C34H38O8. The van der Waals surface area contributed by atoms with Crippen molar-refractivity contribution in [2.75, 3.05) is 13.2 Å². The van der Waals surface area contributed by atoms with E-state index in [0.29, 0.717) is 36.4 Å². The zero-order valence-electron chi connectivity index (χ0n) is 24.3. The molecule has 0 N–H and O–H groups in total. The summed E-state index contributed by atoms with van der Waals surface area (Å²) in [6, 6.07) is 16.9. The van der Waals surface area contributed by atoms with Crippen LogP contribution in [-0.4, -0.2) is 43.0 Å². The summed E-state index contributed by atoms with van der Waals surface area (Å²) in [6.45, 7) is 7.18. The summed E-state index contributed by atoms with van der Waals surface area (Å²) in [5.41, 5.74) is 1.00. The van der Waals surface area contributed by atoms with E-state index in [0.717, 1.165) is 42.4 Å². The van der Waals surface area contributed by atoms with E-state index in [2.05, 4.69) is 13.8 Å². The van der Waals surface area contributed by atoms with Crippen LogP contribution >= 0.6 is 0 Å². The number of ketones is 1. The van der Waals surface area contributed by atoms with Crippen LogP contribution < -0.4 is 4.74 Å². The topological polar surface area (TPSA) is 85.6 Å². The Labute approximate surface area is 245 Å². The lowest BCUT2D eigenvalue weighted by atomic mass is 9.58. The Morgan fingerprint density at radius 1 is 1.00 bits per heavy atom. The smallest absolute Gasteiger partial charge is 0.221 e. The minimum atomic E-state index is -0.798. The highest BCUT2D eigenvalue weighted by molar-refractivity contribution is 6.06. The fraction of sp³-hybridized carbons (Fsp3) is 0.500. The number of fused-ring (bicyclic) bond motifs is 3. The molecule has 0 amide bonds. The number of rotatable bonds is 8. The number of allylic oxidation sites excluding steroid dienone is 1. The molecule has 2 bridgehead atoms. The Morgan fingerprint density at radius 3 is 2.67 bits per heavy atom. The lowest BCUT2D eigenvalue weighted by molar-refractivity contribution is -0.577. The molecule has 0 unspecified atom stereocenters. The largest absolute Gasteiger partial charge is 0.491 e. The predicted octanol–water partition coefficient (Wildman–Crippen LogP) is 6.93. The van der Waals surface area contributed by atoms with Gasteiger partial charge in [0.25, 0.3) is 0 Å². The summed E-state index contributed by atoms with van der Waals surface area (Å²) in [5.74, 6) is 1.28. The average Bonchev–Trinajstić information content (AvgIpc) is 3.31. The van der Waals surface area contributed by atoms with Gasteiger partial charge in [0, 0.05) is 23.6 Å². The van der Waals surface area contributed by atoms with Gasteiger partial charge in [-0.1, -0.05) is 50.3 Å². The van der Waals surface area contributed by atoms with Gasteiger partial charge in [0.2, 0.25) is 11.6 Å². The van der Waals surface area contributed by atoms with Crippen LogP contribution in [0.15, 0.2) is 65.1 Å². The summed E-state index contributed by atoms with van der Waals surface area (Å²) in [4.78, 5) is 24.6. The van der Waals surface area contributed by atoms with Crippen molar-refractivity contribution in [3.05, 3.63) is 72.0 Å². The first-order valence-corrected chi connectivity index (χ1v) is 15.1. The van der Waals surface area contributed by atoms with Gasteiger partial charge in [0.05, 0.1) is 6.61 Å². The summed E-state index contributed by atoms with van der Waals surface area (Å²) >= 11 is 0. The number of ether oxygens (including phenoxy) is 4. The van der Waals surface area contributed by atoms with Gasteiger partial charge in [-0.05, 0) is 73.9 Å². The molecule has 1 aliphatic carbocycles. The predicted molar refractivity (Wildman–Crippen MR) is 154 cm³/mol. The van der Waals surface area contributed by atoms with Crippen LogP contribution in [0.25, 0.3) is 17.0 Å². The van der Waals surface area contributed by atoms with E-state index < -0.39 is 24.0 Å². The molecule has 8 atom stereocenters. The lowest BCUT2D eigenvalue weighted by Gasteiger charge is -2.60. The first-order chi connectivity index (χ1) is 20.3. The van der Waals surface area contributed by atoms with Gasteiger partial charge >= 0.3 is 0 Å². The van der Waals surface area contributed by atoms with E-state index in [4.69, 9.17) is 33.1 Å². The normalized spacial score (nSPS) is 35.7. The molecule has 1 aromatic heterocycles. The third kappa shape index (κ3) is 4.89. The fourth-order valence-electron chi connectivity index (χ4n) is 7.42. The first kappa shape index (κ1) is 27.8. The number of carbonyl (C=O) groups is 1. The molecule has 5 aliphatic rings. The molecule has 8 nitrogen and oxygen atoms in total. The molecule has 42 heavy (non-hydrogen) atoms. The van der Waals surface area contributed by atoms with Crippen LogP contribution in [0.5, 0.6) is 5.75 Å². The monoisotopic (exact) mass is 574 g/mol. The molecule has 0 radical (unpaired) electrons. The zero-order chi connectivity index (χ0) is 28.9. The van der Waals surface area contributed by atoms with E-state index in [1.807, 2.05) is 55.5 Å². The molecule has 1 saturated carbocycles. The molecule has 3 aromatic rings. The highest BCUT2D eigenvalue weighted by atomic mass is 17.3. The molecule has 222 valence electrons. The van der Waals surface area contributed by atoms with Crippen molar-refractivity contribution in [3.63, 3.8) is 0 Å². The van der Waals surface area contributed by atoms with Gasteiger partial charge in [0.1, 0.15) is 17.9 Å². The maximum atomic E-state index is 12.6. The average molecular weight is 575 g/mol. The third-order valence-electron chi connectivity index (χ3n) is 9.71. The molecule has 8 rings (SSSR count). The van der Waals surface area contributed by atoms with Gasteiger partial charge in [0.15, 0.2) is 23.9 Å². The summed E-state index contributed by atoms with van der Waals surface area (Å²) in [6.07, 6.45) is 6.34. The molecule has 4 aliphatic heterocycles. The number of hydrogen-bond acceptors (Lipinski definition) is 8. The first-order valence-electron chi connectivity index (χ1n) is 15.1. The van der Waals surface area contributed by atoms with Crippen molar-refractivity contribution in [2.24, 2.45) is 23.7 Å². The molecular weight excluding hydrogens is 536 g/mol. The molecule has 8 heteroatoms. The van der Waals surface area contributed by atoms with Crippen LogP contribution in [0.2, 0.25) is 0 Å². The van der Waals surface area contributed by atoms with E-state index in [9.17, 15) is 4.79 Å². The fourth-order valence-corrected chi connectivity index (χ4v) is 7.42. The Balaban J connectivity index is 0.928. The van der Waals surface area contributed by atoms with Crippen molar-refractivity contribution in [3.8, 4) is 5.75 Å². The van der Waals surface area contributed by atoms with Crippen LogP contribution in [0.1, 0.15) is 62.6 Å². The minimum absolute atomic E-state index is 0.124. The Bertz CT molecular complexity index is 1430. The number of benzene rings is 2. The number of para-hydroxylation sites is 1. The Kier molecular flexibility index (Phi) is 7.23. The SMILES string of the molecule is C[C@H]1[C@@H](OCCOc2ccc(/C=C/C(=O)c3cc4ccccc4o3)cc2)O[C@@H]2O[C@@]3(C)CC[C@H]4[C@H](C)CC[C@@H]1[C@@]24OO3. The molecule has 4 saturated heterocycles. The van der Waals surface area contributed by atoms with Gasteiger partial charge in [-0.15, -0.1) is 0 Å². The van der Waals surface area contributed by atoms with Crippen LogP contribution in [0, 0.1) is 23.7 Å². The second kappa shape index (κ2) is 10.9. The standard InChI is InChI=1S/C34H38O8/c1-21-8-14-27-22(2)31(39-32-34(27)26(21)16-17-33(3,40-32)41-42-34)37-19-18-36-25-12-9-23(10-13-25)11-15-28(35)30-20-24-6-4-5-7-29(24)38-30/h4-7,9-13,15,20-22,26-27,31-32H,8,14,16-19H2,1-3H3/b15-11+/t21-,22-,26+,27+,31+,32-,33-,34-/m1/s1. The van der Waals surface area contributed by atoms with Crippen molar-refractivity contribution >= 4 is 22.8 Å². The number of furan rings is 1. The van der Waals surface area contributed by atoms with Crippen LogP contribution in [-0.2, 0) is 24.0 Å². The van der Waals surface area contributed by atoms with Crippen LogP contribution in [0.3, 0.4) is 0 Å². The van der Waals surface area contributed by atoms with E-state index in [1.165, 1.54) is 6.08 Å². The minimum Gasteiger partial charge on any atom is -0.491 e. The van der Waals surface area contributed by atoms with E-state index in [-0.39, 0.29) is 17.6 Å². The lowest BCUT2D eigenvalue weighted by Crippen LogP contribution is -2.70. The maximum absolute atomic E-state index is 12.6. The van der Waals surface area contributed by atoms with Crippen molar-refractivity contribution < 1.29 is 37.9 Å². The number of carbonyl (C=O) groups excluding carboxylic acids is 1. The Hall–Kier alpha value is -3.01. The second-order valence-corrected chi connectivity index (χ2v) is 12.4. The van der Waals surface area contributed by atoms with Crippen molar-refractivity contribution in [1.82, 2.24) is 0 Å². The molecule has 5 heterocycles. The third-order valence-corrected chi connectivity index (χ3v) is 9.71. The van der Waals surface area contributed by atoms with E-state index >= 15 is 0 Å². The quantitative estimate of drug-likeness (QED) is 0.124. The van der Waals surface area contributed by atoms with Gasteiger partial charge < -0.3 is 23.4 Å². The van der Waals surface area contributed by atoms with Crippen LogP contribution in [0.4, 0.5) is 0 Å². The van der Waals surface area contributed by atoms with Gasteiger partial charge in [-0.25, -0.2) is 9.78 Å². The molecule has 5 fully saturated rings. The highest BCUT2D eigenvalue weighted by Gasteiger charge is 2.69. The zero-order valence-corrected chi connectivity index (χ0v) is 24.3. The maximum Gasteiger partial charge on any atom is 0.221 e. The van der Waals surface area contributed by atoms with Crippen molar-refractivity contribution in [2.45, 2.75) is 70.4 Å². The number of hydrogen-bond donors (Lipinski definition) is 0.